The zero-order valence-corrected chi connectivity index (χ0v) is 12.3. The lowest BCUT2D eigenvalue weighted by atomic mass is 10.0. The standard InChI is InChI=1S/C14H28N2O2/c1-12(2)10-16(8-9-18-4)14(17)15-7-5-6-13(3)11-15/h12-13H,5-11H2,1-4H3. The van der Waals surface area contributed by atoms with E-state index in [2.05, 4.69) is 20.8 Å². The van der Waals surface area contributed by atoms with E-state index >= 15 is 0 Å². The molecular formula is C14H28N2O2. The van der Waals surface area contributed by atoms with Gasteiger partial charge in [0.05, 0.1) is 6.61 Å². The summed E-state index contributed by atoms with van der Waals surface area (Å²) in [6, 6.07) is 0.187. The van der Waals surface area contributed by atoms with Crippen LogP contribution in [0, 0.1) is 11.8 Å². The van der Waals surface area contributed by atoms with Crippen molar-refractivity contribution in [1.29, 1.82) is 0 Å². The second kappa shape index (κ2) is 7.62. The van der Waals surface area contributed by atoms with Crippen molar-refractivity contribution in [2.45, 2.75) is 33.6 Å². The predicted molar refractivity (Wildman–Crippen MR) is 73.7 cm³/mol. The smallest absolute Gasteiger partial charge is 0.320 e. The summed E-state index contributed by atoms with van der Waals surface area (Å²) < 4.78 is 5.10. The van der Waals surface area contributed by atoms with Crippen molar-refractivity contribution in [1.82, 2.24) is 9.80 Å². The maximum absolute atomic E-state index is 12.5. The van der Waals surface area contributed by atoms with Crippen LogP contribution in [0.2, 0.25) is 0 Å². The summed E-state index contributed by atoms with van der Waals surface area (Å²) >= 11 is 0. The van der Waals surface area contributed by atoms with Gasteiger partial charge in [0.2, 0.25) is 0 Å². The number of methoxy groups -OCH3 is 1. The number of rotatable bonds is 5. The molecule has 1 unspecified atom stereocenters. The average Bonchev–Trinajstić information content (AvgIpc) is 2.33. The van der Waals surface area contributed by atoms with Gasteiger partial charge in [-0.05, 0) is 24.7 Å². The molecule has 0 aromatic heterocycles. The van der Waals surface area contributed by atoms with Crippen LogP contribution in [0.5, 0.6) is 0 Å². The Bertz CT molecular complexity index is 256. The van der Waals surface area contributed by atoms with Crippen LogP contribution >= 0.6 is 0 Å². The molecule has 1 aliphatic heterocycles. The number of piperidine rings is 1. The predicted octanol–water partition coefficient (Wildman–Crippen LogP) is 2.44. The third-order valence-corrected chi connectivity index (χ3v) is 3.35. The van der Waals surface area contributed by atoms with Crippen LogP contribution in [0.1, 0.15) is 33.6 Å². The third-order valence-electron chi connectivity index (χ3n) is 3.35. The molecule has 1 saturated heterocycles. The van der Waals surface area contributed by atoms with Crippen LogP contribution in [0.4, 0.5) is 4.79 Å². The highest BCUT2D eigenvalue weighted by Gasteiger charge is 2.25. The van der Waals surface area contributed by atoms with Crippen molar-refractivity contribution < 1.29 is 9.53 Å². The number of hydrogen-bond acceptors (Lipinski definition) is 2. The van der Waals surface area contributed by atoms with E-state index in [4.69, 9.17) is 4.74 Å². The number of nitrogens with zero attached hydrogens (tertiary/aromatic N) is 2. The Morgan fingerprint density at radius 1 is 1.50 bits per heavy atom. The van der Waals surface area contributed by atoms with Gasteiger partial charge in [0.1, 0.15) is 0 Å². The summed E-state index contributed by atoms with van der Waals surface area (Å²) in [4.78, 5) is 16.4. The molecule has 4 nitrogen and oxygen atoms in total. The van der Waals surface area contributed by atoms with Gasteiger partial charge in [0, 0.05) is 33.3 Å². The third kappa shape index (κ3) is 4.84. The minimum absolute atomic E-state index is 0.187. The van der Waals surface area contributed by atoms with Gasteiger partial charge in [-0.15, -0.1) is 0 Å². The lowest BCUT2D eigenvalue weighted by Gasteiger charge is -2.36. The number of hydrogen-bond donors (Lipinski definition) is 0. The van der Waals surface area contributed by atoms with Crippen molar-refractivity contribution >= 4 is 6.03 Å². The summed E-state index contributed by atoms with van der Waals surface area (Å²) in [7, 11) is 1.68. The van der Waals surface area contributed by atoms with E-state index in [9.17, 15) is 4.79 Å². The van der Waals surface area contributed by atoms with Crippen molar-refractivity contribution in [3.05, 3.63) is 0 Å². The second-order valence-electron chi connectivity index (χ2n) is 5.81. The topological polar surface area (TPSA) is 32.8 Å². The molecule has 0 aliphatic carbocycles. The highest BCUT2D eigenvalue weighted by molar-refractivity contribution is 5.74. The fourth-order valence-electron chi connectivity index (χ4n) is 2.47. The maximum Gasteiger partial charge on any atom is 0.320 e. The Labute approximate surface area is 111 Å². The summed E-state index contributed by atoms with van der Waals surface area (Å²) in [5.74, 6) is 1.12. The van der Waals surface area contributed by atoms with Crippen LogP contribution in [0.25, 0.3) is 0 Å². The van der Waals surface area contributed by atoms with Gasteiger partial charge in [-0.2, -0.15) is 0 Å². The molecule has 1 atom stereocenters. The van der Waals surface area contributed by atoms with Gasteiger partial charge in [-0.25, -0.2) is 4.79 Å². The lowest BCUT2D eigenvalue weighted by molar-refractivity contribution is 0.107. The molecule has 18 heavy (non-hydrogen) atoms. The van der Waals surface area contributed by atoms with E-state index in [0.29, 0.717) is 25.0 Å². The SMILES string of the molecule is COCCN(CC(C)C)C(=O)N1CCCC(C)C1. The van der Waals surface area contributed by atoms with Crippen molar-refractivity contribution in [3.8, 4) is 0 Å². The first-order valence-electron chi connectivity index (χ1n) is 7.07. The van der Waals surface area contributed by atoms with Crippen LogP contribution in [-0.2, 0) is 4.74 Å². The summed E-state index contributed by atoms with van der Waals surface area (Å²) in [5.41, 5.74) is 0. The molecule has 0 aromatic carbocycles. The molecule has 1 aliphatic rings. The van der Waals surface area contributed by atoms with Gasteiger partial charge in [-0.3, -0.25) is 0 Å². The molecule has 1 heterocycles. The quantitative estimate of drug-likeness (QED) is 0.757. The fourth-order valence-corrected chi connectivity index (χ4v) is 2.47. The molecule has 0 N–H and O–H groups in total. The highest BCUT2D eigenvalue weighted by atomic mass is 16.5. The molecule has 2 amide bonds. The summed E-state index contributed by atoms with van der Waals surface area (Å²) in [5, 5.41) is 0. The Morgan fingerprint density at radius 2 is 2.22 bits per heavy atom. The van der Waals surface area contributed by atoms with E-state index in [1.54, 1.807) is 7.11 Å². The summed E-state index contributed by atoms with van der Waals surface area (Å²) in [6.07, 6.45) is 2.37. The van der Waals surface area contributed by atoms with E-state index in [-0.39, 0.29) is 6.03 Å². The number of amides is 2. The average molecular weight is 256 g/mol. The minimum Gasteiger partial charge on any atom is -0.383 e. The van der Waals surface area contributed by atoms with Gasteiger partial charge >= 0.3 is 6.03 Å². The summed E-state index contributed by atoms with van der Waals surface area (Å²) in [6.45, 7) is 10.4. The van der Waals surface area contributed by atoms with Crippen molar-refractivity contribution in [2.24, 2.45) is 11.8 Å². The first-order chi connectivity index (χ1) is 8.54. The Balaban J connectivity index is 2.56. The van der Waals surface area contributed by atoms with E-state index in [1.165, 1.54) is 6.42 Å². The first-order valence-corrected chi connectivity index (χ1v) is 7.07. The molecule has 0 saturated carbocycles. The Morgan fingerprint density at radius 3 is 2.78 bits per heavy atom. The zero-order valence-electron chi connectivity index (χ0n) is 12.3. The molecule has 0 aromatic rings. The van der Waals surface area contributed by atoms with Gasteiger partial charge in [-0.1, -0.05) is 20.8 Å². The normalized spacial score (nSPS) is 20.3. The van der Waals surface area contributed by atoms with Gasteiger partial charge in [0.25, 0.3) is 0 Å². The van der Waals surface area contributed by atoms with Crippen LogP contribution in [0.15, 0.2) is 0 Å². The molecule has 0 radical (unpaired) electrons. The van der Waals surface area contributed by atoms with Crippen molar-refractivity contribution in [3.63, 3.8) is 0 Å². The van der Waals surface area contributed by atoms with Gasteiger partial charge < -0.3 is 14.5 Å². The minimum atomic E-state index is 0.187. The monoisotopic (exact) mass is 256 g/mol. The van der Waals surface area contributed by atoms with Crippen LogP contribution in [0.3, 0.4) is 0 Å². The molecule has 1 rings (SSSR count). The van der Waals surface area contributed by atoms with Gasteiger partial charge in [0.15, 0.2) is 0 Å². The van der Waals surface area contributed by atoms with E-state index in [1.807, 2.05) is 9.80 Å². The zero-order chi connectivity index (χ0) is 13.5. The van der Waals surface area contributed by atoms with Crippen LogP contribution in [-0.4, -0.2) is 55.7 Å². The number of urea groups is 1. The fraction of sp³-hybridized carbons (Fsp3) is 0.929. The molecule has 4 heteroatoms. The Kier molecular flexibility index (Phi) is 6.47. The molecule has 1 fully saturated rings. The number of carbonyl (C=O) groups is 1. The molecule has 0 spiro atoms. The molecule has 106 valence electrons. The second-order valence-corrected chi connectivity index (χ2v) is 5.81. The lowest BCUT2D eigenvalue weighted by Crippen LogP contribution is -2.49. The van der Waals surface area contributed by atoms with E-state index in [0.717, 1.165) is 26.1 Å². The molecular weight excluding hydrogens is 228 g/mol. The largest absolute Gasteiger partial charge is 0.383 e. The van der Waals surface area contributed by atoms with E-state index < -0.39 is 0 Å². The van der Waals surface area contributed by atoms with Crippen molar-refractivity contribution in [2.75, 3.05) is 39.9 Å². The number of carbonyl (C=O) groups excluding carboxylic acids is 1. The maximum atomic E-state index is 12.5. The number of ether oxygens (including phenoxy) is 1. The highest BCUT2D eigenvalue weighted by Crippen LogP contribution is 2.17. The molecule has 0 bridgehead atoms. The first kappa shape index (κ1) is 15.3. The Hall–Kier alpha value is -0.770. The number of likely N-dealkylation sites (tertiary alicyclic amines) is 1. The van der Waals surface area contributed by atoms with Crippen LogP contribution < -0.4 is 0 Å².